The second kappa shape index (κ2) is 7.90. The Balaban J connectivity index is 2.26. The molecule has 0 bridgehead atoms. The molecule has 0 fully saturated rings. The molecule has 2 heterocycles. The van der Waals surface area contributed by atoms with Crippen molar-refractivity contribution in [1.82, 2.24) is 4.90 Å². The summed E-state index contributed by atoms with van der Waals surface area (Å²) in [5.41, 5.74) is 1.99. The van der Waals surface area contributed by atoms with Gasteiger partial charge in [-0.05, 0) is 58.0 Å². The highest BCUT2D eigenvalue weighted by atomic mass is 35.5. The number of carbonyl (C=O) groups is 1. The van der Waals surface area contributed by atoms with Crippen LogP contribution in [0, 0.1) is 11.3 Å². The van der Waals surface area contributed by atoms with E-state index in [0.29, 0.717) is 21.3 Å². The van der Waals surface area contributed by atoms with E-state index in [1.165, 1.54) is 11.2 Å². The molecule has 1 aliphatic rings. The fourth-order valence-electron chi connectivity index (χ4n) is 3.68. The lowest BCUT2D eigenvalue weighted by atomic mass is 9.96. The van der Waals surface area contributed by atoms with Crippen LogP contribution < -0.4 is 4.90 Å². The van der Waals surface area contributed by atoms with E-state index in [1.807, 2.05) is 0 Å². The van der Waals surface area contributed by atoms with Crippen molar-refractivity contribution in [1.29, 1.82) is 5.26 Å². The van der Waals surface area contributed by atoms with Crippen LogP contribution in [0.3, 0.4) is 0 Å². The van der Waals surface area contributed by atoms with Gasteiger partial charge in [0.05, 0.1) is 23.0 Å². The van der Waals surface area contributed by atoms with Gasteiger partial charge in [0.15, 0.2) is 5.76 Å². The zero-order chi connectivity index (χ0) is 20.6. The molecule has 0 unspecified atom stereocenters. The van der Waals surface area contributed by atoms with Gasteiger partial charge in [-0.25, -0.2) is 0 Å². The van der Waals surface area contributed by atoms with Gasteiger partial charge in [0.1, 0.15) is 6.04 Å². The fourth-order valence-corrected chi connectivity index (χ4v) is 4.26. The van der Waals surface area contributed by atoms with Crippen LogP contribution in [0.1, 0.15) is 43.8 Å². The Hall–Kier alpha value is -2.42. The first-order valence-electron chi connectivity index (χ1n) is 9.02. The van der Waals surface area contributed by atoms with E-state index in [0.717, 1.165) is 5.70 Å². The van der Waals surface area contributed by atoms with Crippen LogP contribution in [0.15, 0.2) is 41.0 Å². The van der Waals surface area contributed by atoms with Gasteiger partial charge in [-0.3, -0.25) is 9.69 Å². The standard InChI is InChI=1S/C21H21Cl2N3O2/c1-12(2)25(13(3)4)18-10-15(11-24)26(21(27)19-6-5-7-28-19)17-9-14(22)8-16(23)20(17)18/h5-10,12-13,15H,1-4H3/t15-/m1/s1. The number of hydrogen-bond donors (Lipinski definition) is 0. The lowest BCUT2D eigenvalue weighted by molar-refractivity contribution is 0.0958. The number of anilines is 1. The summed E-state index contributed by atoms with van der Waals surface area (Å²) in [6, 6.07) is 8.23. The highest BCUT2D eigenvalue weighted by Crippen LogP contribution is 2.43. The molecular formula is C21H21Cl2N3O2. The maximum absolute atomic E-state index is 13.1. The number of carbonyl (C=O) groups excluding carboxylic acids is 1. The van der Waals surface area contributed by atoms with Gasteiger partial charge in [-0.15, -0.1) is 0 Å². The number of rotatable bonds is 4. The van der Waals surface area contributed by atoms with Crippen LogP contribution in [0.25, 0.3) is 5.70 Å². The van der Waals surface area contributed by atoms with Crippen molar-refractivity contribution in [3.8, 4) is 6.07 Å². The van der Waals surface area contributed by atoms with E-state index < -0.39 is 11.9 Å². The van der Waals surface area contributed by atoms with Crippen LogP contribution in [0.4, 0.5) is 5.69 Å². The highest BCUT2D eigenvalue weighted by molar-refractivity contribution is 6.37. The molecule has 28 heavy (non-hydrogen) atoms. The molecule has 7 heteroatoms. The Morgan fingerprint density at radius 3 is 2.46 bits per heavy atom. The van der Waals surface area contributed by atoms with Crippen molar-refractivity contribution in [3.63, 3.8) is 0 Å². The third-order valence-electron chi connectivity index (χ3n) is 4.62. The van der Waals surface area contributed by atoms with Gasteiger partial charge in [0.2, 0.25) is 0 Å². The molecule has 5 nitrogen and oxygen atoms in total. The van der Waals surface area contributed by atoms with E-state index in [4.69, 9.17) is 27.6 Å². The summed E-state index contributed by atoms with van der Waals surface area (Å²) in [5.74, 6) is -0.282. The molecule has 0 saturated heterocycles. The second-order valence-electron chi connectivity index (χ2n) is 7.15. The summed E-state index contributed by atoms with van der Waals surface area (Å²) in [5, 5.41) is 10.7. The van der Waals surface area contributed by atoms with Crippen molar-refractivity contribution in [2.75, 3.05) is 4.90 Å². The molecule has 146 valence electrons. The molecule has 0 saturated carbocycles. The highest BCUT2D eigenvalue weighted by Gasteiger charge is 2.37. The Bertz CT molecular complexity index is 951. The number of hydrogen-bond acceptors (Lipinski definition) is 4. The van der Waals surface area contributed by atoms with E-state index in [2.05, 4.69) is 38.7 Å². The third-order valence-corrected chi connectivity index (χ3v) is 5.13. The number of amides is 1. The maximum Gasteiger partial charge on any atom is 0.295 e. The zero-order valence-corrected chi connectivity index (χ0v) is 17.6. The van der Waals surface area contributed by atoms with Gasteiger partial charge in [-0.1, -0.05) is 23.2 Å². The monoisotopic (exact) mass is 417 g/mol. The number of fused-ring (bicyclic) bond motifs is 1. The van der Waals surface area contributed by atoms with Gasteiger partial charge in [0.25, 0.3) is 5.91 Å². The Morgan fingerprint density at radius 2 is 1.93 bits per heavy atom. The minimum atomic E-state index is -0.824. The number of halogens is 2. The Kier molecular flexibility index (Phi) is 5.74. The van der Waals surface area contributed by atoms with Crippen molar-refractivity contribution in [3.05, 3.63) is 58.0 Å². The van der Waals surface area contributed by atoms with Crippen molar-refractivity contribution in [2.24, 2.45) is 0 Å². The summed E-state index contributed by atoms with van der Waals surface area (Å²) in [7, 11) is 0. The summed E-state index contributed by atoms with van der Waals surface area (Å²) in [6.45, 7) is 8.30. The number of benzene rings is 1. The lowest BCUT2D eigenvalue weighted by Crippen LogP contribution is -2.44. The first-order valence-corrected chi connectivity index (χ1v) is 9.78. The SMILES string of the molecule is CC(C)N(C1=C[C@H](C#N)N(C(=O)c2ccco2)c2cc(Cl)cc(Cl)c21)C(C)C. The molecule has 0 N–H and O–H groups in total. The first-order chi connectivity index (χ1) is 13.3. The molecule has 1 aromatic carbocycles. The molecular weight excluding hydrogens is 397 g/mol. The van der Waals surface area contributed by atoms with E-state index in [-0.39, 0.29) is 17.8 Å². The summed E-state index contributed by atoms with van der Waals surface area (Å²) in [6.07, 6.45) is 3.20. The third kappa shape index (κ3) is 3.50. The minimum absolute atomic E-state index is 0.142. The smallest absolute Gasteiger partial charge is 0.295 e. The zero-order valence-electron chi connectivity index (χ0n) is 16.1. The van der Waals surface area contributed by atoms with Gasteiger partial charge < -0.3 is 9.32 Å². The van der Waals surface area contributed by atoms with E-state index in [9.17, 15) is 10.1 Å². The molecule has 3 rings (SSSR count). The minimum Gasteiger partial charge on any atom is -0.459 e. The molecule has 1 amide bonds. The number of furan rings is 1. The average molecular weight is 418 g/mol. The molecule has 0 radical (unpaired) electrons. The summed E-state index contributed by atoms with van der Waals surface area (Å²) < 4.78 is 5.27. The largest absolute Gasteiger partial charge is 0.459 e. The summed E-state index contributed by atoms with van der Waals surface area (Å²) >= 11 is 12.8. The molecule has 1 atom stereocenters. The normalized spacial score (nSPS) is 16.0. The average Bonchev–Trinajstić information content (AvgIpc) is 3.14. The predicted octanol–water partition coefficient (Wildman–Crippen LogP) is 5.60. The van der Waals surface area contributed by atoms with Crippen LogP contribution >= 0.6 is 23.2 Å². The van der Waals surface area contributed by atoms with Crippen LogP contribution in [0.2, 0.25) is 10.0 Å². The van der Waals surface area contributed by atoms with Crippen LogP contribution in [-0.2, 0) is 0 Å². The van der Waals surface area contributed by atoms with Crippen molar-refractivity contribution >= 4 is 40.5 Å². The lowest BCUT2D eigenvalue weighted by Gasteiger charge is -2.41. The topological polar surface area (TPSA) is 60.5 Å². The second-order valence-corrected chi connectivity index (χ2v) is 8.00. The summed E-state index contributed by atoms with van der Waals surface area (Å²) in [4.78, 5) is 16.7. The van der Waals surface area contributed by atoms with Crippen LogP contribution in [-0.4, -0.2) is 28.9 Å². The number of nitrogens with zero attached hydrogens (tertiary/aromatic N) is 3. The Labute approximate surface area is 174 Å². The predicted molar refractivity (Wildman–Crippen MR) is 111 cm³/mol. The molecule has 0 aliphatic carbocycles. The van der Waals surface area contributed by atoms with Crippen LogP contribution in [0.5, 0.6) is 0 Å². The fraction of sp³-hybridized carbons (Fsp3) is 0.333. The molecule has 1 aliphatic heterocycles. The van der Waals surface area contributed by atoms with Gasteiger partial charge >= 0.3 is 0 Å². The number of nitriles is 1. The van der Waals surface area contributed by atoms with Gasteiger partial charge in [0, 0.05) is 28.4 Å². The maximum atomic E-state index is 13.1. The van der Waals surface area contributed by atoms with Gasteiger partial charge in [-0.2, -0.15) is 5.26 Å². The molecule has 1 aromatic heterocycles. The van der Waals surface area contributed by atoms with E-state index >= 15 is 0 Å². The molecule has 2 aromatic rings. The first kappa shape index (κ1) is 20.3. The molecule has 0 spiro atoms. The quantitative estimate of drug-likeness (QED) is 0.649. The van der Waals surface area contributed by atoms with E-state index in [1.54, 1.807) is 30.3 Å². The van der Waals surface area contributed by atoms with Crippen molar-refractivity contribution < 1.29 is 9.21 Å². The van der Waals surface area contributed by atoms with Crippen molar-refractivity contribution in [2.45, 2.75) is 45.8 Å². The Morgan fingerprint density at radius 1 is 1.25 bits per heavy atom.